The number of rotatable bonds is 4. The summed E-state index contributed by atoms with van der Waals surface area (Å²) in [7, 11) is 1.61. The Morgan fingerprint density at radius 3 is 2.67 bits per heavy atom. The highest BCUT2D eigenvalue weighted by Crippen LogP contribution is 2.21. The molecule has 1 aliphatic rings. The van der Waals surface area contributed by atoms with Gasteiger partial charge in [-0.2, -0.15) is 0 Å². The van der Waals surface area contributed by atoms with Gasteiger partial charge in [0, 0.05) is 56.7 Å². The fourth-order valence-electron chi connectivity index (χ4n) is 3.03. The van der Waals surface area contributed by atoms with E-state index in [4.69, 9.17) is 4.74 Å². The lowest BCUT2D eigenvalue weighted by molar-refractivity contribution is 0.233. The zero-order valence-electron chi connectivity index (χ0n) is 13.8. The van der Waals surface area contributed by atoms with E-state index in [1.807, 2.05) is 18.5 Å². The number of fused-ring (bicyclic) bond motifs is 1. The maximum atomic E-state index is 5.15. The highest BCUT2D eigenvalue weighted by molar-refractivity contribution is 5.63. The van der Waals surface area contributed by atoms with E-state index in [0.717, 1.165) is 49.5 Å². The molecule has 0 spiro atoms. The van der Waals surface area contributed by atoms with Crippen LogP contribution in [-0.4, -0.2) is 52.8 Å². The van der Waals surface area contributed by atoms with Crippen molar-refractivity contribution < 1.29 is 4.74 Å². The fourth-order valence-corrected chi connectivity index (χ4v) is 3.03. The Hall–Kier alpha value is -2.44. The molecule has 0 atom stereocenters. The third kappa shape index (κ3) is 3.11. The van der Waals surface area contributed by atoms with Gasteiger partial charge < -0.3 is 10.1 Å². The first kappa shape index (κ1) is 15.1. The van der Waals surface area contributed by atoms with Crippen molar-refractivity contribution in [2.45, 2.75) is 6.54 Å². The van der Waals surface area contributed by atoms with Crippen LogP contribution in [0.1, 0.15) is 5.56 Å². The van der Waals surface area contributed by atoms with Gasteiger partial charge in [-0.15, -0.1) is 5.10 Å². The first-order valence-corrected chi connectivity index (χ1v) is 8.24. The summed E-state index contributed by atoms with van der Waals surface area (Å²) in [5.74, 6) is 0.575. The Bertz CT molecular complexity index is 821. The Morgan fingerprint density at radius 1 is 1.12 bits per heavy atom. The molecule has 0 radical (unpaired) electrons. The first-order chi connectivity index (χ1) is 11.8. The molecule has 0 unspecified atom stereocenters. The molecule has 2 aromatic heterocycles. The number of hydrogen-bond donors (Lipinski definition) is 1. The summed E-state index contributed by atoms with van der Waals surface area (Å²) in [6.45, 7) is 5.40. The molecule has 1 saturated heterocycles. The highest BCUT2D eigenvalue weighted by atomic mass is 16.5. The molecule has 24 heavy (non-hydrogen) atoms. The molecule has 0 aliphatic carbocycles. The molecule has 3 heterocycles. The molecule has 1 fully saturated rings. The largest absolute Gasteiger partial charge is 0.480 e. The van der Waals surface area contributed by atoms with Crippen LogP contribution in [0.2, 0.25) is 0 Å². The number of nitrogens with zero attached hydrogens (tertiary/aromatic N) is 4. The van der Waals surface area contributed by atoms with E-state index in [1.54, 1.807) is 11.6 Å². The van der Waals surface area contributed by atoms with Gasteiger partial charge in [0.05, 0.1) is 7.11 Å². The molecule has 1 N–H and O–H groups in total. The molecular formula is C18H21N5O. The lowest BCUT2D eigenvalue weighted by Crippen LogP contribution is -2.42. The molecule has 3 aromatic rings. The van der Waals surface area contributed by atoms with Crippen LogP contribution in [-0.2, 0) is 6.54 Å². The zero-order valence-corrected chi connectivity index (χ0v) is 13.8. The quantitative estimate of drug-likeness (QED) is 0.793. The third-order valence-corrected chi connectivity index (χ3v) is 4.40. The predicted molar refractivity (Wildman–Crippen MR) is 93.1 cm³/mol. The number of piperazine rings is 1. The summed E-state index contributed by atoms with van der Waals surface area (Å²) in [6.07, 6.45) is 3.86. The van der Waals surface area contributed by atoms with Gasteiger partial charge in [-0.25, -0.2) is 9.50 Å². The van der Waals surface area contributed by atoms with Crippen molar-refractivity contribution in [1.29, 1.82) is 0 Å². The van der Waals surface area contributed by atoms with Crippen molar-refractivity contribution in [3.63, 3.8) is 0 Å². The Morgan fingerprint density at radius 2 is 1.92 bits per heavy atom. The average molecular weight is 323 g/mol. The lowest BCUT2D eigenvalue weighted by Gasteiger charge is -2.27. The number of methoxy groups -OCH3 is 1. The van der Waals surface area contributed by atoms with Crippen molar-refractivity contribution in [2.24, 2.45) is 0 Å². The van der Waals surface area contributed by atoms with Crippen LogP contribution >= 0.6 is 0 Å². The fraction of sp³-hybridized carbons (Fsp3) is 0.333. The molecular weight excluding hydrogens is 302 g/mol. The number of nitrogens with one attached hydrogen (secondary N) is 1. The summed E-state index contributed by atoms with van der Waals surface area (Å²) < 4.78 is 6.90. The van der Waals surface area contributed by atoms with Gasteiger partial charge >= 0.3 is 0 Å². The van der Waals surface area contributed by atoms with Gasteiger partial charge in [0.25, 0.3) is 0 Å². The Balaban J connectivity index is 1.53. The van der Waals surface area contributed by atoms with Crippen molar-refractivity contribution in [3.05, 3.63) is 48.3 Å². The topological polar surface area (TPSA) is 54.7 Å². The van der Waals surface area contributed by atoms with Crippen LogP contribution < -0.4 is 10.1 Å². The molecule has 0 amide bonds. The van der Waals surface area contributed by atoms with Crippen LogP contribution in [0.5, 0.6) is 5.88 Å². The van der Waals surface area contributed by atoms with Crippen LogP contribution in [0.4, 0.5) is 0 Å². The zero-order chi connectivity index (χ0) is 16.4. The van der Waals surface area contributed by atoms with E-state index in [-0.39, 0.29) is 0 Å². The first-order valence-electron chi connectivity index (χ1n) is 8.24. The molecule has 1 aliphatic heterocycles. The smallest absolute Gasteiger partial charge is 0.235 e. The molecule has 4 rings (SSSR count). The maximum absolute atomic E-state index is 5.15. The number of hydrogen-bond acceptors (Lipinski definition) is 5. The van der Waals surface area contributed by atoms with Crippen molar-refractivity contribution in [2.75, 3.05) is 33.3 Å². The molecule has 6 nitrogen and oxygen atoms in total. The van der Waals surface area contributed by atoms with Gasteiger partial charge in [0.15, 0.2) is 5.65 Å². The van der Waals surface area contributed by atoms with Crippen LogP contribution in [0.3, 0.4) is 0 Å². The molecule has 0 bridgehead atoms. The van der Waals surface area contributed by atoms with Crippen molar-refractivity contribution >= 4 is 5.65 Å². The van der Waals surface area contributed by atoms with Crippen LogP contribution in [0.15, 0.2) is 42.7 Å². The summed E-state index contributed by atoms with van der Waals surface area (Å²) >= 11 is 0. The summed E-state index contributed by atoms with van der Waals surface area (Å²) in [6, 6.07) is 10.5. The summed E-state index contributed by atoms with van der Waals surface area (Å²) in [5.41, 5.74) is 4.31. The minimum absolute atomic E-state index is 0.575. The Labute approximate surface area is 141 Å². The van der Waals surface area contributed by atoms with Crippen molar-refractivity contribution in [3.8, 4) is 17.0 Å². The van der Waals surface area contributed by atoms with Gasteiger partial charge in [0.1, 0.15) is 0 Å². The minimum atomic E-state index is 0.575. The Kier molecular flexibility index (Phi) is 4.15. The summed E-state index contributed by atoms with van der Waals surface area (Å²) in [5, 5.41) is 7.72. The van der Waals surface area contributed by atoms with E-state index in [1.165, 1.54) is 5.56 Å². The summed E-state index contributed by atoms with van der Waals surface area (Å²) in [4.78, 5) is 6.93. The molecule has 1 aromatic carbocycles. The SMILES string of the molecule is COc1cc2ncc(-c3ccc(CN4CCNCC4)cc3)cn2n1. The number of ether oxygens (including phenoxy) is 1. The van der Waals surface area contributed by atoms with Crippen LogP contribution in [0.25, 0.3) is 16.8 Å². The minimum Gasteiger partial charge on any atom is -0.480 e. The molecule has 124 valence electrons. The average Bonchev–Trinajstić information content (AvgIpc) is 3.05. The van der Waals surface area contributed by atoms with E-state index in [0.29, 0.717) is 5.88 Å². The second kappa shape index (κ2) is 6.59. The van der Waals surface area contributed by atoms with Gasteiger partial charge in [-0.3, -0.25) is 4.90 Å². The number of aromatic nitrogens is 3. The maximum Gasteiger partial charge on any atom is 0.235 e. The van der Waals surface area contributed by atoms with E-state index in [2.05, 4.69) is 44.6 Å². The van der Waals surface area contributed by atoms with Gasteiger partial charge in [0.2, 0.25) is 5.88 Å². The van der Waals surface area contributed by atoms with E-state index in [9.17, 15) is 0 Å². The van der Waals surface area contributed by atoms with E-state index >= 15 is 0 Å². The predicted octanol–water partition coefficient (Wildman–Crippen LogP) is 1.81. The van der Waals surface area contributed by atoms with Crippen LogP contribution in [0, 0.1) is 0 Å². The normalized spacial score (nSPS) is 15.7. The lowest BCUT2D eigenvalue weighted by atomic mass is 10.1. The van der Waals surface area contributed by atoms with Gasteiger partial charge in [-0.05, 0) is 11.1 Å². The second-order valence-corrected chi connectivity index (χ2v) is 6.06. The third-order valence-electron chi connectivity index (χ3n) is 4.40. The second-order valence-electron chi connectivity index (χ2n) is 6.06. The van der Waals surface area contributed by atoms with Gasteiger partial charge in [-0.1, -0.05) is 24.3 Å². The molecule has 6 heteroatoms. The molecule has 0 saturated carbocycles. The highest BCUT2D eigenvalue weighted by Gasteiger charge is 2.10. The number of benzene rings is 1. The monoisotopic (exact) mass is 323 g/mol. The van der Waals surface area contributed by atoms with E-state index < -0.39 is 0 Å². The van der Waals surface area contributed by atoms with Crippen molar-refractivity contribution in [1.82, 2.24) is 24.8 Å². The standard InChI is InChI=1S/C18H21N5O/c1-24-18-10-17-20-11-16(13-23(17)21-18)15-4-2-14(3-5-15)12-22-8-6-19-7-9-22/h2-5,10-11,13,19H,6-9,12H2,1H3.